The Hall–Kier alpha value is -0.860. The number of hydrogen-bond acceptors (Lipinski definition) is 2. The molecule has 1 unspecified atom stereocenters. The third-order valence-corrected chi connectivity index (χ3v) is 3.96. The van der Waals surface area contributed by atoms with Gasteiger partial charge in [0.25, 0.3) is 0 Å². The zero-order chi connectivity index (χ0) is 12.3. The molecule has 17 heavy (non-hydrogen) atoms. The molecule has 1 saturated carbocycles. The molecule has 1 aromatic carbocycles. The zero-order valence-electron chi connectivity index (χ0n) is 10.9. The van der Waals surface area contributed by atoms with Gasteiger partial charge < -0.3 is 10.5 Å². The summed E-state index contributed by atoms with van der Waals surface area (Å²) in [6.45, 7) is 2.11. The van der Waals surface area contributed by atoms with Crippen molar-refractivity contribution < 1.29 is 4.74 Å². The van der Waals surface area contributed by atoms with Crippen molar-refractivity contribution in [3.8, 4) is 0 Å². The molecule has 0 saturated heterocycles. The summed E-state index contributed by atoms with van der Waals surface area (Å²) in [7, 11) is 1.76. The summed E-state index contributed by atoms with van der Waals surface area (Å²) in [4.78, 5) is 0. The Balaban J connectivity index is 2.27. The molecule has 0 aromatic heterocycles. The Morgan fingerprint density at radius 1 is 1.29 bits per heavy atom. The molecule has 1 aliphatic carbocycles. The van der Waals surface area contributed by atoms with Crippen LogP contribution in [0.15, 0.2) is 24.3 Å². The van der Waals surface area contributed by atoms with E-state index in [0.29, 0.717) is 0 Å². The van der Waals surface area contributed by atoms with E-state index in [0.717, 1.165) is 19.3 Å². The molecule has 2 nitrogen and oxygen atoms in total. The van der Waals surface area contributed by atoms with Crippen molar-refractivity contribution in [3.63, 3.8) is 0 Å². The molecule has 0 bridgehead atoms. The number of rotatable bonds is 4. The van der Waals surface area contributed by atoms with E-state index in [-0.39, 0.29) is 11.6 Å². The minimum atomic E-state index is -0.0932. The van der Waals surface area contributed by atoms with Gasteiger partial charge in [-0.25, -0.2) is 0 Å². The first-order valence-electron chi connectivity index (χ1n) is 6.56. The highest BCUT2D eigenvalue weighted by molar-refractivity contribution is 5.34. The van der Waals surface area contributed by atoms with Crippen LogP contribution in [0.3, 0.4) is 0 Å². The van der Waals surface area contributed by atoms with Gasteiger partial charge >= 0.3 is 0 Å². The first-order chi connectivity index (χ1) is 8.15. The summed E-state index contributed by atoms with van der Waals surface area (Å²) in [6, 6.07) is 8.59. The van der Waals surface area contributed by atoms with Crippen molar-refractivity contribution >= 4 is 0 Å². The third-order valence-electron chi connectivity index (χ3n) is 3.96. The normalized spacial score (nSPS) is 20.4. The van der Waals surface area contributed by atoms with E-state index < -0.39 is 0 Å². The summed E-state index contributed by atoms with van der Waals surface area (Å²) in [6.07, 6.45) is 5.94. The standard InChI is InChI=1S/C15H23NO/c1-12(17-2)11-13-7-3-4-8-14(13)15(16)9-5-6-10-15/h3-4,7-8,12H,5-6,9-11,16H2,1-2H3. The Labute approximate surface area is 104 Å². The predicted octanol–water partition coefficient (Wildman–Crippen LogP) is 2.99. The number of benzene rings is 1. The van der Waals surface area contributed by atoms with Crippen LogP contribution >= 0.6 is 0 Å². The Morgan fingerprint density at radius 3 is 2.59 bits per heavy atom. The minimum Gasteiger partial charge on any atom is -0.381 e. The summed E-state index contributed by atoms with van der Waals surface area (Å²) in [5.41, 5.74) is 9.15. The fourth-order valence-electron chi connectivity index (χ4n) is 2.85. The summed E-state index contributed by atoms with van der Waals surface area (Å²) < 4.78 is 5.36. The van der Waals surface area contributed by atoms with E-state index in [9.17, 15) is 0 Å². The molecule has 0 spiro atoms. The monoisotopic (exact) mass is 233 g/mol. The van der Waals surface area contributed by atoms with Crippen molar-refractivity contribution in [2.45, 2.75) is 50.7 Å². The van der Waals surface area contributed by atoms with E-state index in [1.165, 1.54) is 24.0 Å². The van der Waals surface area contributed by atoms with Crippen LogP contribution in [0.5, 0.6) is 0 Å². The lowest BCUT2D eigenvalue weighted by molar-refractivity contribution is 0.118. The maximum absolute atomic E-state index is 6.56. The molecule has 1 aliphatic rings. The van der Waals surface area contributed by atoms with Crippen LogP contribution in [-0.4, -0.2) is 13.2 Å². The average molecular weight is 233 g/mol. The molecule has 1 fully saturated rings. The van der Waals surface area contributed by atoms with Crippen molar-refractivity contribution in [2.24, 2.45) is 5.73 Å². The van der Waals surface area contributed by atoms with Gasteiger partial charge in [-0.1, -0.05) is 37.1 Å². The smallest absolute Gasteiger partial charge is 0.0583 e. The van der Waals surface area contributed by atoms with Gasteiger partial charge in [0.05, 0.1) is 6.10 Å². The lowest BCUT2D eigenvalue weighted by Crippen LogP contribution is -2.34. The van der Waals surface area contributed by atoms with E-state index in [2.05, 4.69) is 31.2 Å². The van der Waals surface area contributed by atoms with Crippen LogP contribution in [0.2, 0.25) is 0 Å². The van der Waals surface area contributed by atoms with Gasteiger partial charge in [0.1, 0.15) is 0 Å². The van der Waals surface area contributed by atoms with Gasteiger partial charge in [-0.15, -0.1) is 0 Å². The lowest BCUT2D eigenvalue weighted by atomic mass is 9.84. The van der Waals surface area contributed by atoms with Gasteiger partial charge in [0, 0.05) is 12.6 Å². The number of methoxy groups -OCH3 is 1. The Kier molecular flexibility index (Phi) is 3.85. The molecule has 2 rings (SSSR count). The van der Waals surface area contributed by atoms with E-state index in [1.807, 2.05) is 0 Å². The van der Waals surface area contributed by atoms with Crippen LogP contribution in [-0.2, 0) is 16.7 Å². The quantitative estimate of drug-likeness (QED) is 0.867. The van der Waals surface area contributed by atoms with E-state index in [4.69, 9.17) is 10.5 Å². The Morgan fingerprint density at radius 2 is 1.94 bits per heavy atom. The van der Waals surface area contributed by atoms with Crippen LogP contribution in [0, 0.1) is 0 Å². The zero-order valence-corrected chi connectivity index (χ0v) is 10.9. The molecule has 1 aromatic rings. The highest BCUT2D eigenvalue weighted by atomic mass is 16.5. The third kappa shape index (κ3) is 2.70. The molecule has 0 radical (unpaired) electrons. The van der Waals surface area contributed by atoms with Crippen LogP contribution in [0.25, 0.3) is 0 Å². The number of ether oxygens (including phenoxy) is 1. The molecule has 1 atom stereocenters. The van der Waals surface area contributed by atoms with Crippen molar-refractivity contribution in [1.82, 2.24) is 0 Å². The molecule has 2 N–H and O–H groups in total. The number of hydrogen-bond donors (Lipinski definition) is 1. The van der Waals surface area contributed by atoms with Crippen LogP contribution in [0.4, 0.5) is 0 Å². The van der Waals surface area contributed by atoms with Gasteiger partial charge in [0.2, 0.25) is 0 Å². The van der Waals surface area contributed by atoms with E-state index in [1.54, 1.807) is 7.11 Å². The SMILES string of the molecule is COC(C)Cc1ccccc1C1(N)CCCC1. The summed E-state index contributed by atoms with van der Waals surface area (Å²) >= 11 is 0. The fraction of sp³-hybridized carbons (Fsp3) is 0.600. The highest BCUT2D eigenvalue weighted by Gasteiger charge is 2.32. The predicted molar refractivity (Wildman–Crippen MR) is 71.0 cm³/mol. The summed E-state index contributed by atoms with van der Waals surface area (Å²) in [5.74, 6) is 0. The second kappa shape index (κ2) is 5.19. The fourth-order valence-corrected chi connectivity index (χ4v) is 2.85. The van der Waals surface area contributed by atoms with Crippen molar-refractivity contribution in [2.75, 3.05) is 7.11 Å². The highest BCUT2D eigenvalue weighted by Crippen LogP contribution is 2.38. The molecular weight excluding hydrogens is 210 g/mol. The van der Waals surface area contributed by atoms with Gasteiger partial charge in [-0.05, 0) is 37.3 Å². The molecule has 0 amide bonds. The lowest BCUT2D eigenvalue weighted by Gasteiger charge is -2.27. The maximum Gasteiger partial charge on any atom is 0.0583 e. The van der Waals surface area contributed by atoms with Gasteiger partial charge in [-0.3, -0.25) is 0 Å². The van der Waals surface area contributed by atoms with Crippen LogP contribution < -0.4 is 5.73 Å². The van der Waals surface area contributed by atoms with Crippen LogP contribution in [0.1, 0.15) is 43.7 Å². The number of nitrogens with two attached hydrogens (primary N) is 1. The second-order valence-corrected chi connectivity index (χ2v) is 5.27. The average Bonchev–Trinajstić information content (AvgIpc) is 2.78. The topological polar surface area (TPSA) is 35.2 Å². The molecule has 0 heterocycles. The minimum absolute atomic E-state index is 0.0932. The van der Waals surface area contributed by atoms with Gasteiger partial charge in [-0.2, -0.15) is 0 Å². The second-order valence-electron chi connectivity index (χ2n) is 5.27. The maximum atomic E-state index is 6.56. The first kappa shape index (κ1) is 12.6. The molecule has 2 heteroatoms. The Bertz CT molecular complexity index is 369. The van der Waals surface area contributed by atoms with Gasteiger partial charge in [0.15, 0.2) is 0 Å². The summed E-state index contributed by atoms with van der Waals surface area (Å²) in [5, 5.41) is 0. The largest absolute Gasteiger partial charge is 0.381 e. The van der Waals surface area contributed by atoms with Crippen molar-refractivity contribution in [1.29, 1.82) is 0 Å². The first-order valence-corrected chi connectivity index (χ1v) is 6.56. The van der Waals surface area contributed by atoms with E-state index >= 15 is 0 Å². The molecular formula is C15H23NO. The van der Waals surface area contributed by atoms with Crippen molar-refractivity contribution in [3.05, 3.63) is 35.4 Å². The molecule has 0 aliphatic heterocycles. The molecule has 94 valence electrons.